The Morgan fingerprint density at radius 2 is 2.17 bits per heavy atom. The van der Waals surface area contributed by atoms with Crippen LogP contribution in [0.15, 0.2) is 17.5 Å². The van der Waals surface area contributed by atoms with Gasteiger partial charge in [-0.05, 0) is 23.8 Å². The van der Waals surface area contributed by atoms with E-state index in [0.29, 0.717) is 0 Å². The highest BCUT2D eigenvalue weighted by atomic mass is 32.1. The summed E-state index contributed by atoms with van der Waals surface area (Å²) in [7, 11) is 0. The highest BCUT2D eigenvalue weighted by Gasteiger charge is 2.17. The lowest BCUT2D eigenvalue weighted by molar-refractivity contribution is -0.138. The summed E-state index contributed by atoms with van der Waals surface area (Å²) in [5, 5.41) is 13.6. The average molecular weight is 269 g/mol. The van der Waals surface area contributed by atoms with Crippen molar-refractivity contribution in [3.05, 3.63) is 22.4 Å². The summed E-state index contributed by atoms with van der Waals surface area (Å²) in [5.41, 5.74) is 0. The molecule has 0 bridgehead atoms. The monoisotopic (exact) mass is 269 g/mol. The molecule has 1 aromatic rings. The highest BCUT2D eigenvalue weighted by Crippen LogP contribution is 2.22. The van der Waals surface area contributed by atoms with Gasteiger partial charge in [-0.2, -0.15) is 0 Å². The van der Waals surface area contributed by atoms with Gasteiger partial charge in [0, 0.05) is 17.7 Å². The first-order valence-electron chi connectivity index (χ1n) is 6.07. The smallest absolute Gasteiger partial charge is 0.303 e. The summed E-state index contributed by atoms with van der Waals surface area (Å²) < 4.78 is 0. The number of aliphatic carboxylic acids is 1. The lowest BCUT2D eigenvalue weighted by atomic mass is 10.0. The third-order valence-electron chi connectivity index (χ3n) is 2.69. The van der Waals surface area contributed by atoms with Gasteiger partial charge >= 0.3 is 5.97 Å². The molecule has 18 heavy (non-hydrogen) atoms. The first-order valence-corrected chi connectivity index (χ1v) is 6.95. The quantitative estimate of drug-likeness (QED) is 0.800. The zero-order chi connectivity index (χ0) is 13.5. The minimum atomic E-state index is -0.861. The minimum absolute atomic E-state index is 0.0310. The Balaban J connectivity index is 2.45. The topological polar surface area (TPSA) is 66.4 Å². The molecule has 0 aliphatic heterocycles. The van der Waals surface area contributed by atoms with Gasteiger partial charge in [0.25, 0.3) is 0 Å². The molecule has 1 aromatic heterocycles. The van der Waals surface area contributed by atoms with Gasteiger partial charge in [0.15, 0.2) is 0 Å². The van der Waals surface area contributed by atoms with Crippen LogP contribution in [0.1, 0.15) is 44.0 Å². The van der Waals surface area contributed by atoms with Gasteiger partial charge in [-0.1, -0.05) is 19.9 Å². The molecule has 1 amide bonds. The molecule has 4 nitrogen and oxygen atoms in total. The summed E-state index contributed by atoms with van der Waals surface area (Å²) in [6.45, 7) is 3.80. The molecule has 0 saturated carbocycles. The number of thiophene rings is 1. The largest absolute Gasteiger partial charge is 0.481 e. The molecule has 2 atom stereocenters. The molecular formula is C13H19NO3S. The third-order valence-corrected chi connectivity index (χ3v) is 3.67. The zero-order valence-corrected chi connectivity index (χ0v) is 11.5. The molecule has 1 heterocycles. The molecule has 2 N–H and O–H groups in total. The molecule has 5 heteroatoms. The van der Waals surface area contributed by atoms with Gasteiger partial charge in [-0.25, -0.2) is 0 Å². The van der Waals surface area contributed by atoms with Gasteiger partial charge in [-0.3, -0.25) is 9.59 Å². The Morgan fingerprint density at radius 1 is 1.44 bits per heavy atom. The molecule has 0 radical (unpaired) electrons. The van der Waals surface area contributed by atoms with E-state index in [4.69, 9.17) is 5.11 Å². The molecule has 0 fully saturated rings. The van der Waals surface area contributed by atoms with Gasteiger partial charge < -0.3 is 10.4 Å². The van der Waals surface area contributed by atoms with Crippen LogP contribution in [0.3, 0.4) is 0 Å². The number of nitrogens with one attached hydrogen (secondary N) is 1. The van der Waals surface area contributed by atoms with Crippen molar-refractivity contribution in [3.8, 4) is 0 Å². The second-order valence-electron chi connectivity index (χ2n) is 4.45. The number of hydrogen-bond acceptors (Lipinski definition) is 3. The minimum Gasteiger partial charge on any atom is -0.481 e. The average Bonchev–Trinajstić information content (AvgIpc) is 2.77. The fraction of sp³-hybridized carbons (Fsp3) is 0.538. The van der Waals surface area contributed by atoms with E-state index in [9.17, 15) is 9.59 Å². The van der Waals surface area contributed by atoms with Crippen molar-refractivity contribution in [2.45, 2.75) is 39.2 Å². The molecule has 2 unspecified atom stereocenters. The van der Waals surface area contributed by atoms with Gasteiger partial charge in [0.2, 0.25) is 5.91 Å². The number of carboxylic acid groups (broad SMARTS) is 1. The van der Waals surface area contributed by atoms with E-state index < -0.39 is 5.97 Å². The molecule has 0 aliphatic carbocycles. The van der Waals surface area contributed by atoms with Gasteiger partial charge in [0.05, 0.1) is 6.04 Å². The molecule has 0 aromatic carbocycles. The van der Waals surface area contributed by atoms with Crippen LogP contribution < -0.4 is 5.32 Å². The van der Waals surface area contributed by atoms with Crippen molar-refractivity contribution in [2.24, 2.45) is 5.92 Å². The summed E-state index contributed by atoms with van der Waals surface area (Å²) in [4.78, 5) is 23.5. The van der Waals surface area contributed by atoms with Gasteiger partial charge in [-0.15, -0.1) is 11.3 Å². The maximum atomic E-state index is 11.8. The van der Waals surface area contributed by atoms with Gasteiger partial charge in [0.1, 0.15) is 0 Å². The predicted octanol–water partition coefficient (Wildman–Crippen LogP) is 2.82. The van der Waals surface area contributed by atoms with Crippen molar-refractivity contribution < 1.29 is 14.7 Å². The molecule has 1 rings (SSSR count). The Labute approximate surface area is 111 Å². The van der Waals surface area contributed by atoms with E-state index in [-0.39, 0.29) is 30.7 Å². The number of carboxylic acids is 1. The second-order valence-corrected chi connectivity index (χ2v) is 5.43. The molecule has 100 valence electrons. The van der Waals surface area contributed by atoms with E-state index in [1.807, 2.05) is 24.4 Å². The second kappa shape index (κ2) is 7.16. The number of hydrogen-bond donors (Lipinski definition) is 2. The van der Waals surface area contributed by atoms with Crippen LogP contribution in [-0.4, -0.2) is 17.0 Å². The molecule has 0 aliphatic rings. The van der Waals surface area contributed by atoms with Crippen LogP contribution in [0.4, 0.5) is 0 Å². The van der Waals surface area contributed by atoms with Crippen LogP contribution in [0.2, 0.25) is 0 Å². The fourth-order valence-corrected chi connectivity index (χ4v) is 2.67. The number of rotatable bonds is 7. The van der Waals surface area contributed by atoms with E-state index in [1.165, 1.54) is 0 Å². The lowest BCUT2D eigenvalue weighted by Crippen LogP contribution is -2.29. The third kappa shape index (κ3) is 4.87. The summed E-state index contributed by atoms with van der Waals surface area (Å²) in [5.74, 6) is -1.08. The Kier molecular flexibility index (Phi) is 5.85. The van der Waals surface area contributed by atoms with E-state index >= 15 is 0 Å². The lowest BCUT2D eigenvalue weighted by Gasteiger charge is -2.17. The summed E-state index contributed by atoms with van der Waals surface area (Å²) >= 11 is 1.62. The SMILES string of the molecule is CCC(NC(=O)CC(C)CC(=O)O)c1cccs1. The predicted molar refractivity (Wildman–Crippen MR) is 71.5 cm³/mol. The first-order chi connectivity index (χ1) is 8.52. The number of carbonyl (C=O) groups excluding carboxylic acids is 1. The number of carbonyl (C=O) groups is 2. The molecular weight excluding hydrogens is 250 g/mol. The van der Waals surface area contributed by atoms with Crippen LogP contribution in [0.5, 0.6) is 0 Å². The maximum absolute atomic E-state index is 11.8. The van der Waals surface area contributed by atoms with Crippen molar-refractivity contribution >= 4 is 23.2 Å². The van der Waals surface area contributed by atoms with Crippen molar-refractivity contribution in [1.82, 2.24) is 5.32 Å². The van der Waals surface area contributed by atoms with E-state index in [1.54, 1.807) is 18.3 Å². The standard InChI is InChI=1S/C13H19NO3S/c1-3-10(11-5-4-6-18-11)14-12(15)7-9(2)8-13(16)17/h4-6,9-10H,3,7-8H2,1-2H3,(H,14,15)(H,16,17). The maximum Gasteiger partial charge on any atom is 0.303 e. The Bertz CT molecular complexity index is 389. The van der Waals surface area contributed by atoms with E-state index in [0.717, 1.165) is 11.3 Å². The molecule has 0 spiro atoms. The van der Waals surface area contributed by atoms with Crippen molar-refractivity contribution in [1.29, 1.82) is 0 Å². The van der Waals surface area contributed by atoms with Crippen LogP contribution >= 0.6 is 11.3 Å². The Hall–Kier alpha value is -1.36. The van der Waals surface area contributed by atoms with E-state index in [2.05, 4.69) is 5.32 Å². The summed E-state index contributed by atoms with van der Waals surface area (Å²) in [6.07, 6.45) is 1.12. The Morgan fingerprint density at radius 3 is 2.67 bits per heavy atom. The fourth-order valence-electron chi connectivity index (χ4n) is 1.80. The molecule has 0 saturated heterocycles. The first kappa shape index (κ1) is 14.7. The highest BCUT2D eigenvalue weighted by molar-refractivity contribution is 7.10. The van der Waals surface area contributed by atoms with Crippen LogP contribution in [0.25, 0.3) is 0 Å². The van der Waals surface area contributed by atoms with Crippen molar-refractivity contribution in [2.75, 3.05) is 0 Å². The summed E-state index contributed by atoms with van der Waals surface area (Å²) in [6, 6.07) is 4.00. The normalized spacial score (nSPS) is 13.9. The van der Waals surface area contributed by atoms with Crippen LogP contribution in [0, 0.1) is 5.92 Å². The van der Waals surface area contributed by atoms with Crippen LogP contribution in [-0.2, 0) is 9.59 Å². The number of amides is 1. The zero-order valence-electron chi connectivity index (χ0n) is 10.7. The van der Waals surface area contributed by atoms with Crippen molar-refractivity contribution in [3.63, 3.8) is 0 Å².